The fraction of sp³-hybridized carbons (Fsp3) is 0.200. The fourth-order valence-electron chi connectivity index (χ4n) is 2.57. The SMILES string of the molecule is CCCc1ccccc1NC(=O)c1ccc(-c2nc(C)cs2)cc1. The molecular weight excluding hydrogens is 316 g/mol. The lowest BCUT2D eigenvalue weighted by Gasteiger charge is -2.10. The molecule has 3 nitrogen and oxygen atoms in total. The number of hydrogen-bond donors (Lipinski definition) is 1. The summed E-state index contributed by atoms with van der Waals surface area (Å²) in [4.78, 5) is 17.0. The van der Waals surface area contributed by atoms with Crippen molar-refractivity contribution in [2.24, 2.45) is 0 Å². The third-order valence-corrected chi connectivity index (χ3v) is 4.81. The zero-order valence-corrected chi connectivity index (χ0v) is 14.7. The number of carbonyl (C=O) groups excluding carboxylic acids is 1. The average molecular weight is 336 g/mol. The van der Waals surface area contributed by atoms with Crippen molar-refractivity contribution >= 4 is 22.9 Å². The second kappa shape index (κ2) is 7.41. The Morgan fingerprint density at radius 1 is 1.12 bits per heavy atom. The van der Waals surface area contributed by atoms with Crippen LogP contribution in [0.1, 0.15) is 35.0 Å². The molecule has 3 rings (SSSR count). The second-order valence-electron chi connectivity index (χ2n) is 5.73. The molecule has 0 radical (unpaired) electrons. The maximum absolute atomic E-state index is 12.5. The standard InChI is InChI=1S/C20H20N2OS/c1-3-6-15-7-4-5-8-18(15)22-19(23)16-9-11-17(12-10-16)20-21-14(2)13-24-20/h4-5,7-13H,3,6H2,1-2H3,(H,22,23). The molecule has 3 aromatic rings. The van der Waals surface area contributed by atoms with Gasteiger partial charge in [0.2, 0.25) is 0 Å². The predicted molar refractivity (Wildman–Crippen MR) is 101 cm³/mol. The van der Waals surface area contributed by atoms with E-state index in [9.17, 15) is 4.79 Å². The van der Waals surface area contributed by atoms with E-state index >= 15 is 0 Å². The van der Waals surface area contributed by atoms with E-state index < -0.39 is 0 Å². The molecule has 0 aliphatic heterocycles. The molecular formula is C20H20N2OS. The van der Waals surface area contributed by atoms with E-state index in [1.807, 2.05) is 54.8 Å². The Morgan fingerprint density at radius 3 is 2.54 bits per heavy atom. The van der Waals surface area contributed by atoms with Gasteiger partial charge < -0.3 is 5.32 Å². The van der Waals surface area contributed by atoms with Crippen LogP contribution in [0, 0.1) is 6.92 Å². The number of benzene rings is 2. The van der Waals surface area contributed by atoms with Crippen molar-refractivity contribution < 1.29 is 4.79 Å². The van der Waals surface area contributed by atoms with Gasteiger partial charge in [0.25, 0.3) is 5.91 Å². The van der Waals surface area contributed by atoms with Gasteiger partial charge in [-0.3, -0.25) is 4.79 Å². The molecule has 2 aromatic carbocycles. The molecule has 0 atom stereocenters. The number of amides is 1. The largest absolute Gasteiger partial charge is 0.322 e. The minimum Gasteiger partial charge on any atom is -0.322 e. The van der Waals surface area contributed by atoms with Gasteiger partial charge in [0.05, 0.1) is 0 Å². The molecule has 4 heteroatoms. The van der Waals surface area contributed by atoms with Gasteiger partial charge in [-0.2, -0.15) is 0 Å². The number of hydrogen-bond acceptors (Lipinski definition) is 3. The Kier molecular flexibility index (Phi) is 5.06. The Hall–Kier alpha value is -2.46. The summed E-state index contributed by atoms with van der Waals surface area (Å²) in [6.45, 7) is 4.12. The van der Waals surface area contributed by atoms with Gasteiger partial charge in [0.15, 0.2) is 0 Å². The lowest BCUT2D eigenvalue weighted by Crippen LogP contribution is -2.13. The van der Waals surface area contributed by atoms with Crippen molar-refractivity contribution in [1.29, 1.82) is 0 Å². The zero-order chi connectivity index (χ0) is 16.9. The monoisotopic (exact) mass is 336 g/mol. The highest BCUT2D eigenvalue weighted by Gasteiger charge is 2.10. The van der Waals surface area contributed by atoms with Crippen molar-refractivity contribution in [3.63, 3.8) is 0 Å². The number of thiazole rings is 1. The maximum atomic E-state index is 12.5. The fourth-order valence-corrected chi connectivity index (χ4v) is 3.38. The summed E-state index contributed by atoms with van der Waals surface area (Å²) in [7, 11) is 0. The predicted octanol–water partition coefficient (Wildman–Crippen LogP) is 5.32. The van der Waals surface area contributed by atoms with Crippen LogP contribution in [0.4, 0.5) is 5.69 Å². The minimum atomic E-state index is -0.0829. The number of carbonyl (C=O) groups is 1. The van der Waals surface area contributed by atoms with E-state index in [1.165, 1.54) is 5.56 Å². The van der Waals surface area contributed by atoms with Gasteiger partial charge in [-0.05, 0) is 37.1 Å². The van der Waals surface area contributed by atoms with Gasteiger partial charge in [-0.15, -0.1) is 11.3 Å². The third-order valence-electron chi connectivity index (χ3n) is 3.80. The second-order valence-corrected chi connectivity index (χ2v) is 6.59. The average Bonchev–Trinajstić information content (AvgIpc) is 3.03. The quantitative estimate of drug-likeness (QED) is 0.685. The molecule has 0 saturated heterocycles. The summed E-state index contributed by atoms with van der Waals surface area (Å²) in [5, 5.41) is 6.03. The molecule has 24 heavy (non-hydrogen) atoms. The first-order valence-electron chi connectivity index (χ1n) is 8.09. The van der Waals surface area contributed by atoms with Crippen LogP contribution < -0.4 is 5.32 Å². The van der Waals surface area contributed by atoms with Crippen molar-refractivity contribution in [2.45, 2.75) is 26.7 Å². The van der Waals surface area contributed by atoms with Crippen LogP contribution in [-0.2, 0) is 6.42 Å². The molecule has 0 aliphatic rings. The van der Waals surface area contributed by atoms with Crippen LogP contribution in [-0.4, -0.2) is 10.9 Å². The normalized spacial score (nSPS) is 10.6. The number of aryl methyl sites for hydroxylation is 2. The first kappa shape index (κ1) is 16.4. The van der Waals surface area contributed by atoms with Crippen LogP contribution in [0.3, 0.4) is 0 Å². The molecule has 1 amide bonds. The Bertz CT molecular complexity index is 837. The summed E-state index contributed by atoms with van der Waals surface area (Å²) in [6.07, 6.45) is 2.01. The molecule has 0 fully saturated rings. The highest BCUT2D eigenvalue weighted by Crippen LogP contribution is 2.24. The zero-order valence-electron chi connectivity index (χ0n) is 13.9. The Balaban J connectivity index is 1.76. The molecule has 1 aromatic heterocycles. The highest BCUT2D eigenvalue weighted by molar-refractivity contribution is 7.13. The summed E-state index contributed by atoms with van der Waals surface area (Å²) < 4.78 is 0. The van der Waals surface area contributed by atoms with Gasteiger partial charge in [0.1, 0.15) is 5.01 Å². The van der Waals surface area contributed by atoms with E-state index in [4.69, 9.17) is 0 Å². The lowest BCUT2D eigenvalue weighted by molar-refractivity contribution is 0.102. The maximum Gasteiger partial charge on any atom is 0.255 e. The Labute approximate surface area is 146 Å². The number of nitrogens with one attached hydrogen (secondary N) is 1. The molecule has 0 spiro atoms. The van der Waals surface area contributed by atoms with Crippen LogP contribution in [0.2, 0.25) is 0 Å². The first-order chi connectivity index (χ1) is 11.7. The van der Waals surface area contributed by atoms with Crippen LogP contribution in [0.15, 0.2) is 53.9 Å². The third kappa shape index (κ3) is 3.71. The summed E-state index contributed by atoms with van der Waals surface area (Å²) in [6, 6.07) is 15.6. The Morgan fingerprint density at radius 2 is 1.88 bits per heavy atom. The summed E-state index contributed by atoms with van der Waals surface area (Å²) >= 11 is 1.62. The number of rotatable bonds is 5. The molecule has 0 bridgehead atoms. The van der Waals surface area contributed by atoms with E-state index in [0.29, 0.717) is 5.56 Å². The molecule has 1 heterocycles. The molecule has 0 aliphatic carbocycles. The van der Waals surface area contributed by atoms with Crippen molar-refractivity contribution in [3.8, 4) is 10.6 Å². The van der Waals surface area contributed by atoms with Crippen LogP contribution >= 0.6 is 11.3 Å². The molecule has 122 valence electrons. The molecule has 1 N–H and O–H groups in total. The van der Waals surface area contributed by atoms with Crippen LogP contribution in [0.5, 0.6) is 0 Å². The number of para-hydroxylation sites is 1. The van der Waals surface area contributed by atoms with Gasteiger partial charge in [-0.25, -0.2) is 4.98 Å². The molecule has 0 saturated carbocycles. The van der Waals surface area contributed by atoms with E-state index in [0.717, 1.165) is 34.8 Å². The smallest absolute Gasteiger partial charge is 0.255 e. The van der Waals surface area contributed by atoms with Crippen molar-refractivity contribution in [2.75, 3.05) is 5.32 Å². The van der Waals surface area contributed by atoms with E-state index in [1.54, 1.807) is 11.3 Å². The van der Waals surface area contributed by atoms with Gasteiger partial charge in [0, 0.05) is 27.9 Å². The van der Waals surface area contributed by atoms with Crippen molar-refractivity contribution in [3.05, 3.63) is 70.7 Å². The van der Waals surface area contributed by atoms with E-state index in [2.05, 4.69) is 23.3 Å². The van der Waals surface area contributed by atoms with Crippen LogP contribution in [0.25, 0.3) is 10.6 Å². The molecule has 0 unspecified atom stereocenters. The van der Waals surface area contributed by atoms with Gasteiger partial charge >= 0.3 is 0 Å². The lowest BCUT2D eigenvalue weighted by atomic mass is 10.1. The number of aromatic nitrogens is 1. The highest BCUT2D eigenvalue weighted by atomic mass is 32.1. The summed E-state index contributed by atoms with van der Waals surface area (Å²) in [5.41, 5.74) is 4.77. The topological polar surface area (TPSA) is 42.0 Å². The van der Waals surface area contributed by atoms with E-state index in [-0.39, 0.29) is 5.91 Å². The summed E-state index contributed by atoms with van der Waals surface area (Å²) in [5.74, 6) is -0.0829. The first-order valence-corrected chi connectivity index (χ1v) is 8.97. The number of nitrogens with zero attached hydrogens (tertiary/aromatic N) is 1. The van der Waals surface area contributed by atoms with Gasteiger partial charge in [-0.1, -0.05) is 43.7 Å². The van der Waals surface area contributed by atoms with Crippen molar-refractivity contribution in [1.82, 2.24) is 4.98 Å². The number of anilines is 1. The minimum absolute atomic E-state index is 0.0829.